The summed E-state index contributed by atoms with van der Waals surface area (Å²) in [6.07, 6.45) is -5.61. The maximum absolute atomic E-state index is 12.7. The zero-order valence-corrected chi connectivity index (χ0v) is 72.3. The molecule has 16 N–H and O–H groups in total. The molecule has 10 saturated heterocycles. The number of halogens is 6. The molecule has 5 unspecified atom stereocenters. The minimum atomic E-state index is -5.05. The third kappa shape index (κ3) is 15.0. The zero-order valence-electron chi connectivity index (χ0n) is 67.6. The van der Waals surface area contributed by atoms with Crippen LogP contribution in [0.15, 0.2) is 113 Å². The van der Waals surface area contributed by atoms with Crippen LogP contribution in [0, 0.1) is 11.8 Å². The van der Waals surface area contributed by atoms with E-state index in [1.54, 1.807) is 78.2 Å². The number of amides is 3. The number of rotatable bonds is 15. The topological polar surface area (TPSA) is 617 Å². The number of imidazole rings is 5. The van der Waals surface area contributed by atoms with Crippen LogP contribution in [0.4, 0.5) is 42.3 Å². The number of nitrogens with two attached hydrogens (primary N) is 3. The lowest BCUT2D eigenvalue weighted by atomic mass is 9.96. The molecule has 0 aliphatic carbocycles. The second-order valence-electron chi connectivity index (χ2n) is 31.3. The zero-order chi connectivity index (χ0) is 90.7. The van der Waals surface area contributed by atoms with Gasteiger partial charge in [0.1, 0.15) is 126 Å². The van der Waals surface area contributed by atoms with Crippen LogP contribution in [-0.2, 0) is 52.2 Å². The van der Waals surface area contributed by atoms with Gasteiger partial charge in [-0.05, 0) is 97.2 Å². The molecular formula is C77H78Br3F3N26O20. The minimum absolute atomic E-state index is 0.00318. The Bertz CT molecular complexity index is 6260. The highest BCUT2D eigenvalue weighted by Crippen LogP contribution is 2.53. The van der Waals surface area contributed by atoms with E-state index in [2.05, 4.69) is 145 Å². The Kier molecular flexibility index (Phi) is 23.7. The lowest BCUT2D eigenvalue weighted by Gasteiger charge is -2.30. The van der Waals surface area contributed by atoms with Crippen molar-refractivity contribution in [1.29, 1.82) is 0 Å². The van der Waals surface area contributed by atoms with Crippen molar-refractivity contribution in [2.75, 3.05) is 80.6 Å². The van der Waals surface area contributed by atoms with Gasteiger partial charge >= 0.3 is 12.1 Å². The van der Waals surface area contributed by atoms with Crippen LogP contribution in [0.5, 0.6) is 0 Å². The van der Waals surface area contributed by atoms with E-state index in [1.165, 1.54) is 42.5 Å². The molecule has 129 heavy (non-hydrogen) atoms. The van der Waals surface area contributed by atoms with Gasteiger partial charge in [-0.15, -0.1) is 0 Å². The Hall–Kier alpha value is -10.9. The number of hydrogen-bond donors (Lipinski definition) is 13. The predicted molar refractivity (Wildman–Crippen MR) is 446 cm³/mol. The number of ether oxygens (including phenoxy) is 10. The molecule has 0 saturated carbocycles. The van der Waals surface area contributed by atoms with Gasteiger partial charge in [0.05, 0.1) is 59.1 Å². The number of carbonyl (C=O) groups is 3. The Balaban J connectivity index is 0.000000111. The van der Waals surface area contributed by atoms with Gasteiger partial charge in [-0.25, -0.2) is 74.8 Å². The number of hydrogen-bond acceptors (Lipinski definition) is 38. The molecule has 52 heteroatoms. The number of fused-ring (bicyclic) bond motifs is 15. The van der Waals surface area contributed by atoms with Gasteiger partial charge in [0, 0.05) is 11.1 Å². The molecule has 3 amide bonds. The van der Waals surface area contributed by atoms with Crippen LogP contribution in [0.2, 0.25) is 0 Å². The van der Waals surface area contributed by atoms with E-state index in [4.69, 9.17) is 64.6 Å². The van der Waals surface area contributed by atoms with Gasteiger partial charge in [-0.3, -0.25) is 37.2 Å². The van der Waals surface area contributed by atoms with E-state index in [0.717, 1.165) is 0 Å². The van der Waals surface area contributed by atoms with Crippen LogP contribution in [0.3, 0.4) is 0 Å². The first kappa shape index (κ1) is 88.7. The average Bonchev–Trinajstić information content (AvgIpc) is 1.57. The molecule has 20 heterocycles. The Morgan fingerprint density at radius 3 is 1.18 bits per heavy atom. The van der Waals surface area contributed by atoms with Crippen LogP contribution in [0.25, 0.3) is 55.8 Å². The second-order valence-corrected chi connectivity index (χ2v) is 33.4. The van der Waals surface area contributed by atoms with Crippen molar-refractivity contribution in [2.45, 2.75) is 166 Å². The molecule has 10 bridgehead atoms. The van der Waals surface area contributed by atoms with Gasteiger partial charge in [-0.1, -0.05) is 63.1 Å². The maximum atomic E-state index is 12.7. The van der Waals surface area contributed by atoms with Crippen molar-refractivity contribution in [3.63, 3.8) is 0 Å². The normalized spacial score (nSPS) is 30.4. The smallest absolute Gasteiger partial charge is 0.393 e. The fraction of sp³-hybridized carbons (Fsp3) is 0.455. The number of anilines is 5. The summed E-state index contributed by atoms with van der Waals surface area (Å²) < 4.78 is 106. The molecule has 10 aliphatic heterocycles. The van der Waals surface area contributed by atoms with Crippen molar-refractivity contribution >= 4 is 150 Å². The van der Waals surface area contributed by atoms with Crippen LogP contribution < -0.4 is 33.2 Å². The monoisotopic (exact) mass is 1980 g/mol. The number of carbonyl (C=O) groups excluding carboxylic acids is 3. The Morgan fingerprint density at radius 1 is 0.450 bits per heavy atom. The summed E-state index contributed by atoms with van der Waals surface area (Å²) in [5.74, 6) is 3.35. The summed E-state index contributed by atoms with van der Waals surface area (Å²) in [4.78, 5) is 99.2. The molecule has 2 aromatic carbocycles. The molecule has 20 atom stereocenters. The number of aliphatic hydroxyl groups is 7. The van der Waals surface area contributed by atoms with Gasteiger partial charge in [0.25, 0.3) is 11.8 Å². The third-order valence-corrected chi connectivity index (χ3v) is 25.9. The summed E-state index contributed by atoms with van der Waals surface area (Å²) in [5, 5.41) is 78.3. The number of benzene rings is 2. The molecule has 12 aromatic rings. The fourth-order valence-electron chi connectivity index (χ4n) is 17.1. The Morgan fingerprint density at radius 2 is 0.783 bits per heavy atom. The lowest BCUT2D eigenvalue weighted by Crippen LogP contribution is -2.44. The first-order valence-electron chi connectivity index (χ1n) is 40.0. The molecule has 10 fully saturated rings. The molecule has 0 radical (unpaired) electrons. The van der Waals surface area contributed by atoms with Crippen molar-refractivity contribution in [3.05, 3.63) is 130 Å². The van der Waals surface area contributed by atoms with Crippen LogP contribution in [0.1, 0.15) is 97.7 Å². The number of aliphatic hydroxyl groups excluding tert-OH is 7. The lowest BCUT2D eigenvalue weighted by molar-refractivity contribution is -0.186. The van der Waals surface area contributed by atoms with E-state index in [0.29, 0.717) is 108 Å². The van der Waals surface area contributed by atoms with E-state index >= 15 is 0 Å². The summed E-state index contributed by atoms with van der Waals surface area (Å²) in [6, 6.07) is 17.2. The number of nitrogens with one attached hydrogen (secondary N) is 3. The van der Waals surface area contributed by atoms with Crippen molar-refractivity contribution in [1.82, 2.24) is 103 Å². The highest BCUT2D eigenvalue weighted by atomic mass is 79.9. The third-order valence-electron chi connectivity index (χ3n) is 24.2. The van der Waals surface area contributed by atoms with Gasteiger partial charge in [0.15, 0.2) is 131 Å². The molecule has 22 rings (SSSR count). The molecule has 678 valence electrons. The van der Waals surface area contributed by atoms with E-state index in [1.807, 2.05) is 26.8 Å². The van der Waals surface area contributed by atoms with Crippen molar-refractivity contribution < 1.29 is 111 Å². The van der Waals surface area contributed by atoms with Crippen LogP contribution in [-0.4, -0.2) is 299 Å². The highest BCUT2D eigenvalue weighted by molar-refractivity contribution is 9.11. The second kappa shape index (κ2) is 34.4. The van der Waals surface area contributed by atoms with Crippen molar-refractivity contribution in [2.24, 2.45) is 0 Å². The van der Waals surface area contributed by atoms with Gasteiger partial charge in [-0.2, -0.15) is 13.2 Å². The molecular weight excluding hydrogens is 1910 g/mol. The van der Waals surface area contributed by atoms with E-state index < -0.39 is 145 Å². The molecule has 46 nitrogen and oxygen atoms in total. The predicted octanol–water partition coefficient (Wildman–Crippen LogP) is 2.05. The summed E-state index contributed by atoms with van der Waals surface area (Å²) >= 11 is 10.2. The summed E-state index contributed by atoms with van der Waals surface area (Å²) in [7, 11) is 0. The largest absolute Gasteiger partial charge is 0.471 e. The van der Waals surface area contributed by atoms with E-state index in [-0.39, 0.29) is 79.2 Å². The molecule has 0 spiro atoms. The quantitative estimate of drug-likeness (QED) is 0.0516. The number of nitrogen functional groups attached to an aromatic ring is 3. The standard InChI is InChI=1S/C24H21F3N6O5.C19H18BrN5O4.C12H14BrN5O3.C11H12BrN5O4.C11H13N5O4/c1-2-23-11-37-16(17(23)34)21(38-23)33-14(9-6-10-28-22(36)24(25,26)27)31-15-18(29-12-30-19(15)33)32-20(35)13-7-4-3-5-8-13;1-2-19-8-28-12(13(19)26)17(29-19)25-15-11(23-18(25)20)14(21-9-22-15)24-16(27)10-6-4-3-5-7-10;1-2-12-3-20-6(7(12)19)10(21-12)18-9-5(17-11(18)13)8(14)15-4-16-9;12-10-16-4-7(13)14-3-15-8(4)17(10)9-5-6(19)11(1-18,21-9)2-20-5;12-8-5-9(14-3-13-8)16(4-15-5)10-6-7(18)11(1-17,20-10)2-19-6/h3-5,7-8,12,16-17,21,34H,2,10-11H2,1H3,(H,28,36)(H,29,30,32,35);3-7,9,12-13,17,26H,2,8H2,1H3,(H,21,22,24,27);4,6-7,10,19H,2-3H2,1H3,(H2,14,15,16);3,5-6,9,18-19H,1-2H2,(H2,13,14,15);3-4,6-7,10,17-18H,1-2H2,(H2,12,13,14)/t16-,17?,21+,23-;12-,13?,17+,19-;6-,7?,10+,12-;5-,6?,9+,11-;6-,7?,10+,11-/m00000/s1. The van der Waals surface area contributed by atoms with Crippen molar-refractivity contribution in [3.8, 4) is 11.8 Å². The molecule has 10 aliphatic rings. The fourth-order valence-corrected chi connectivity index (χ4v) is 18.7. The first-order valence-corrected chi connectivity index (χ1v) is 42.3. The SMILES string of the molecule is CC[C@]12CO[C@@H](C1O)[C@H](n1c(Br)nc3c(N)ncnc31)O2.CC[C@]12CO[C@@H](C1O)[C@H](n1c(Br)nc3c(NC(=O)c4ccccc4)ncnc31)O2.CC[C@]12CO[C@@H](C1O)[C@H](n1c(C#CCNC(=O)C(F)(F)F)nc3c(NC(=O)c4ccccc4)ncnc31)O2.Nc1ncnc2c1nc(Br)n2[C@@H]1O[C@@]2(CO)CO[C@H]1C2O.Nc1ncnc2c1ncn2[C@@H]1O[C@@]2(CO)CO[C@H]1C2O. The van der Waals surface area contributed by atoms with Gasteiger partial charge < -0.3 is 116 Å². The summed E-state index contributed by atoms with van der Waals surface area (Å²) in [5.41, 5.74) is 17.8. The average molecular weight is 1980 g/mol. The van der Waals surface area contributed by atoms with E-state index in [9.17, 15) is 63.3 Å². The Labute approximate surface area is 748 Å². The number of alkyl halides is 3. The first-order chi connectivity index (χ1) is 62.0. The van der Waals surface area contributed by atoms with Gasteiger partial charge in [0.2, 0.25) is 0 Å². The highest BCUT2D eigenvalue weighted by Gasteiger charge is 2.66. The number of nitrogens with zero attached hydrogens (tertiary/aromatic N) is 20. The minimum Gasteiger partial charge on any atom is -0.393 e. The maximum Gasteiger partial charge on any atom is 0.471 e. The number of aromatic nitrogens is 20. The molecule has 10 aromatic heterocycles. The van der Waals surface area contributed by atoms with Crippen LogP contribution >= 0.6 is 47.8 Å². The summed E-state index contributed by atoms with van der Waals surface area (Å²) in [6.45, 7) is 5.74.